The number of aryl methyl sites for hydroxylation is 1. The van der Waals surface area contributed by atoms with Gasteiger partial charge in [-0.05, 0) is 43.9 Å². The van der Waals surface area contributed by atoms with E-state index in [-0.39, 0.29) is 37.9 Å². The molecular weight excluding hydrogens is 523 g/mol. The Morgan fingerprint density at radius 2 is 2.05 bits per heavy atom. The fraction of sp³-hybridized carbons (Fsp3) is 0.571. The van der Waals surface area contributed by atoms with Crippen molar-refractivity contribution in [1.29, 1.82) is 0 Å². The van der Waals surface area contributed by atoms with Gasteiger partial charge in [0.15, 0.2) is 0 Å². The molecule has 0 aromatic heterocycles. The maximum atomic E-state index is 14.2. The van der Waals surface area contributed by atoms with Crippen LogP contribution in [-0.2, 0) is 28.7 Å². The van der Waals surface area contributed by atoms with Crippen LogP contribution in [0.3, 0.4) is 0 Å². The van der Waals surface area contributed by atoms with Gasteiger partial charge in [0.25, 0.3) is 5.91 Å². The number of carbonyl (C=O) groups excluding carboxylic acids is 4. The Morgan fingerprint density at radius 1 is 1.25 bits per heavy atom. The van der Waals surface area contributed by atoms with Gasteiger partial charge in [-0.3, -0.25) is 29.6 Å². The van der Waals surface area contributed by atoms with Crippen LogP contribution in [0.5, 0.6) is 0 Å². The summed E-state index contributed by atoms with van der Waals surface area (Å²) in [7, 11) is 0. The van der Waals surface area contributed by atoms with Crippen molar-refractivity contribution in [3.8, 4) is 0 Å². The lowest BCUT2D eigenvalue weighted by Gasteiger charge is -2.26. The Labute approximate surface area is 231 Å². The molecule has 3 amide bonds. The molecule has 1 aliphatic carbocycles. The van der Waals surface area contributed by atoms with Crippen molar-refractivity contribution in [3.05, 3.63) is 41.2 Å². The van der Waals surface area contributed by atoms with Gasteiger partial charge >= 0.3 is 6.09 Å². The van der Waals surface area contributed by atoms with E-state index < -0.39 is 47.5 Å². The lowest BCUT2D eigenvalue weighted by molar-refractivity contribution is -0.140. The predicted molar refractivity (Wildman–Crippen MR) is 140 cm³/mol. The van der Waals surface area contributed by atoms with Gasteiger partial charge < -0.3 is 20.1 Å². The molecule has 3 aliphatic heterocycles. The van der Waals surface area contributed by atoms with Gasteiger partial charge in [-0.25, -0.2) is 9.18 Å². The fourth-order valence-corrected chi connectivity index (χ4v) is 5.17. The second kappa shape index (κ2) is 11.5. The first-order chi connectivity index (χ1) is 19.2. The number of likely N-dealkylation sites (tertiary alicyclic amines) is 1. The molecule has 1 spiro atoms. The molecule has 0 radical (unpaired) electrons. The summed E-state index contributed by atoms with van der Waals surface area (Å²) in [6.07, 6.45) is 3.69. The Bertz CT molecular complexity index is 1210. The first-order valence-corrected chi connectivity index (χ1v) is 13.8. The maximum Gasteiger partial charge on any atom is 0.410 e. The lowest BCUT2D eigenvalue weighted by atomic mass is 9.97. The van der Waals surface area contributed by atoms with E-state index in [4.69, 9.17) is 14.3 Å². The molecule has 12 heteroatoms. The third-order valence-electron chi connectivity index (χ3n) is 7.65. The highest BCUT2D eigenvalue weighted by Gasteiger charge is 2.53. The zero-order valence-corrected chi connectivity index (χ0v) is 22.7. The van der Waals surface area contributed by atoms with Crippen LogP contribution in [0.2, 0.25) is 0 Å². The number of nitrogens with one attached hydrogen (secondary N) is 3. The van der Waals surface area contributed by atoms with Crippen LogP contribution in [-0.4, -0.2) is 78.2 Å². The van der Waals surface area contributed by atoms with Crippen molar-refractivity contribution in [1.82, 2.24) is 21.0 Å². The Morgan fingerprint density at radius 3 is 2.73 bits per heavy atom. The molecule has 216 valence electrons. The highest BCUT2D eigenvalue weighted by atomic mass is 19.1. The standard InChI is InChI=1S/C28H35FN4O7/c1-3-4-21(24(34)26(36)30-18-7-8-18)31-25(35)23-13-28(15-33(23)27(37)39-19-9-10-38-14-19)12-22(32-40-28)17-6-5-16(2)20(29)11-17/h5-6,11-12,18-19,21,23,32H,3-4,7-10,13-15H2,1-2H3,(H,30,36)(H,31,35)/t19-,21-,23-,28+/m0/s1. The predicted octanol–water partition coefficient (Wildman–Crippen LogP) is 1.88. The molecule has 1 aromatic rings. The number of ketones is 1. The van der Waals surface area contributed by atoms with Crippen LogP contribution in [0.4, 0.5) is 9.18 Å². The van der Waals surface area contributed by atoms with E-state index in [1.165, 1.54) is 11.0 Å². The number of nitrogens with zero attached hydrogens (tertiary/aromatic N) is 1. The molecule has 11 nitrogen and oxygen atoms in total. The zero-order valence-electron chi connectivity index (χ0n) is 22.7. The Balaban J connectivity index is 1.36. The van der Waals surface area contributed by atoms with Gasteiger partial charge in [-0.1, -0.05) is 25.5 Å². The van der Waals surface area contributed by atoms with E-state index in [0.29, 0.717) is 36.3 Å². The van der Waals surface area contributed by atoms with E-state index in [9.17, 15) is 23.6 Å². The number of hydrogen-bond acceptors (Lipinski definition) is 8. The van der Waals surface area contributed by atoms with Gasteiger partial charge in [-0.15, -0.1) is 0 Å². The normalized spacial score (nSPS) is 26.3. The Kier molecular flexibility index (Phi) is 8.09. The lowest BCUT2D eigenvalue weighted by Crippen LogP contribution is -2.53. The van der Waals surface area contributed by atoms with Crippen molar-refractivity contribution < 1.29 is 37.9 Å². The molecule has 4 atom stereocenters. The van der Waals surface area contributed by atoms with Crippen LogP contribution < -0.4 is 16.1 Å². The van der Waals surface area contributed by atoms with Crippen molar-refractivity contribution in [2.24, 2.45) is 0 Å². The number of ether oxygens (including phenoxy) is 2. The Hall–Kier alpha value is -3.51. The quantitative estimate of drug-likeness (QED) is 0.391. The van der Waals surface area contributed by atoms with Crippen LogP contribution in [0.25, 0.3) is 5.70 Å². The number of amides is 3. The molecule has 1 saturated carbocycles. The molecule has 1 aromatic carbocycles. The molecular formula is C28H35FN4O7. The molecule has 4 aliphatic rings. The summed E-state index contributed by atoms with van der Waals surface area (Å²) in [6, 6.07) is 2.72. The topological polar surface area (TPSA) is 135 Å². The largest absolute Gasteiger partial charge is 0.444 e. The second-order valence-electron chi connectivity index (χ2n) is 11.0. The van der Waals surface area contributed by atoms with Crippen LogP contribution in [0, 0.1) is 12.7 Å². The van der Waals surface area contributed by atoms with Gasteiger partial charge in [0.1, 0.15) is 23.6 Å². The van der Waals surface area contributed by atoms with E-state index >= 15 is 0 Å². The minimum Gasteiger partial charge on any atom is -0.444 e. The first-order valence-electron chi connectivity index (χ1n) is 13.8. The molecule has 3 N–H and O–H groups in total. The number of hydroxylamine groups is 1. The van der Waals surface area contributed by atoms with E-state index in [1.807, 2.05) is 6.92 Å². The highest BCUT2D eigenvalue weighted by molar-refractivity contribution is 6.38. The third kappa shape index (κ3) is 6.12. The van der Waals surface area contributed by atoms with Gasteiger partial charge in [0.2, 0.25) is 11.7 Å². The van der Waals surface area contributed by atoms with Crippen LogP contribution >= 0.6 is 0 Å². The summed E-state index contributed by atoms with van der Waals surface area (Å²) in [5, 5.41) is 5.38. The van der Waals surface area contributed by atoms with E-state index in [1.54, 1.807) is 25.1 Å². The van der Waals surface area contributed by atoms with Gasteiger partial charge in [0, 0.05) is 24.4 Å². The summed E-state index contributed by atoms with van der Waals surface area (Å²) in [4.78, 5) is 59.4. The molecule has 3 fully saturated rings. The smallest absolute Gasteiger partial charge is 0.410 e. The number of hydrogen-bond donors (Lipinski definition) is 3. The number of halogens is 1. The second-order valence-corrected chi connectivity index (χ2v) is 11.0. The van der Waals surface area contributed by atoms with Crippen LogP contribution in [0.15, 0.2) is 24.3 Å². The average molecular weight is 559 g/mol. The SMILES string of the molecule is CCC[C@H](NC(=O)[C@@H]1C[C@]2(C=C(c3ccc(C)c(F)c3)NO2)CN1C(=O)O[C@H]1CCOC1)C(=O)C(=O)NC1CC1. The minimum atomic E-state index is -1.10. The average Bonchev–Trinajstić information content (AvgIpc) is 3.30. The van der Waals surface area contributed by atoms with Crippen molar-refractivity contribution in [2.45, 2.75) is 82.2 Å². The number of carbonyl (C=O) groups is 4. The van der Waals surface area contributed by atoms with Gasteiger partial charge in [0.05, 0.1) is 31.5 Å². The highest BCUT2D eigenvalue weighted by Crippen LogP contribution is 2.38. The van der Waals surface area contributed by atoms with E-state index in [0.717, 1.165) is 12.8 Å². The van der Waals surface area contributed by atoms with Crippen molar-refractivity contribution in [2.75, 3.05) is 19.8 Å². The molecule has 5 rings (SSSR count). The molecule has 2 saturated heterocycles. The summed E-state index contributed by atoms with van der Waals surface area (Å²) < 4.78 is 25.1. The summed E-state index contributed by atoms with van der Waals surface area (Å²) in [5.74, 6) is -2.39. The first kappa shape index (κ1) is 28.0. The van der Waals surface area contributed by atoms with E-state index in [2.05, 4.69) is 16.1 Å². The monoisotopic (exact) mass is 558 g/mol. The summed E-state index contributed by atoms with van der Waals surface area (Å²) >= 11 is 0. The molecule has 3 heterocycles. The molecule has 0 bridgehead atoms. The zero-order chi connectivity index (χ0) is 28.4. The number of rotatable bonds is 9. The maximum absolute atomic E-state index is 14.2. The summed E-state index contributed by atoms with van der Waals surface area (Å²) in [5.41, 5.74) is 3.29. The van der Waals surface area contributed by atoms with Gasteiger partial charge in [-0.2, -0.15) is 0 Å². The summed E-state index contributed by atoms with van der Waals surface area (Å²) in [6.45, 7) is 4.24. The number of benzene rings is 1. The third-order valence-corrected chi connectivity index (χ3v) is 7.65. The number of Topliss-reactive ketones (excluding diaryl/α,β-unsaturated/α-hetero) is 1. The molecule has 40 heavy (non-hydrogen) atoms. The molecule has 0 unspecified atom stereocenters. The van der Waals surface area contributed by atoms with Crippen molar-refractivity contribution >= 4 is 29.4 Å². The van der Waals surface area contributed by atoms with Crippen molar-refractivity contribution in [3.63, 3.8) is 0 Å². The van der Waals surface area contributed by atoms with Crippen LogP contribution in [0.1, 0.15) is 56.6 Å². The minimum absolute atomic E-state index is 0.00366. The fourth-order valence-electron chi connectivity index (χ4n) is 5.17.